The Morgan fingerprint density at radius 2 is 0.885 bits per heavy atom. The molecule has 0 saturated heterocycles. The summed E-state index contributed by atoms with van der Waals surface area (Å²) in [7, 11) is 0. The summed E-state index contributed by atoms with van der Waals surface area (Å²) in [5.41, 5.74) is 0. The summed E-state index contributed by atoms with van der Waals surface area (Å²) in [5.74, 6) is 0. The lowest BCUT2D eigenvalue weighted by Gasteiger charge is -2.35. The largest absolute Gasteiger partial charge is 1.00 e. The standard InChI is InChI=1S/C24H50N.HI/c1-5-9-10-11-12-13-14-15-16-17-18-19-20-21-22-23-24-25(6-2,7-3)8-4;/h15-16H,5-14,17-24H2,1-4H3;1H/q+1;/p-1/b16-15-;. The molecule has 0 atom stereocenters. The smallest absolute Gasteiger partial charge is 0.0786 e. The van der Waals surface area contributed by atoms with Crippen molar-refractivity contribution >= 4 is 0 Å². The number of rotatable bonds is 19. The van der Waals surface area contributed by atoms with Gasteiger partial charge in [0.2, 0.25) is 0 Å². The Labute approximate surface area is 184 Å². The van der Waals surface area contributed by atoms with Crippen LogP contribution in [-0.2, 0) is 0 Å². The van der Waals surface area contributed by atoms with Gasteiger partial charge in [0.15, 0.2) is 0 Å². The molecule has 0 aromatic carbocycles. The minimum Gasteiger partial charge on any atom is -1.00 e. The maximum Gasteiger partial charge on any atom is 0.0786 e. The van der Waals surface area contributed by atoms with E-state index in [9.17, 15) is 0 Å². The van der Waals surface area contributed by atoms with E-state index < -0.39 is 0 Å². The molecule has 0 radical (unpaired) electrons. The van der Waals surface area contributed by atoms with E-state index >= 15 is 0 Å². The molecule has 0 fully saturated rings. The van der Waals surface area contributed by atoms with E-state index in [0.717, 1.165) is 0 Å². The van der Waals surface area contributed by atoms with E-state index in [4.69, 9.17) is 0 Å². The van der Waals surface area contributed by atoms with E-state index in [1.807, 2.05) is 0 Å². The molecule has 0 unspecified atom stereocenters. The number of allylic oxidation sites excluding steroid dienone is 2. The van der Waals surface area contributed by atoms with Crippen LogP contribution < -0.4 is 24.0 Å². The van der Waals surface area contributed by atoms with Crippen LogP contribution in [0.3, 0.4) is 0 Å². The van der Waals surface area contributed by atoms with Gasteiger partial charge in [-0.15, -0.1) is 0 Å². The van der Waals surface area contributed by atoms with E-state index in [-0.39, 0.29) is 24.0 Å². The van der Waals surface area contributed by atoms with E-state index in [2.05, 4.69) is 39.8 Å². The van der Waals surface area contributed by atoms with Crippen molar-refractivity contribution in [3.05, 3.63) is 12.2 Å². The summed E-state index contributed by atoms with van der Waals surface area (Å²) in [6.45, 7) is 14.7. The van der Waals surface area contributed by atoms with Crippen molar-refractivity contribution in [3.8, 4) is 0 Å². The second kappa shape index (κ2) is 21.7. The zero-order valence-corrected chi connectivity index (χ0v) is 20.9. The molecule has 0 bridgehead atoms. The van der Waals surface area contributed by atoms with Crippen molar-refractivity contribution in [3.63, 3.8) is 0 Å². The van der Waals surface area contributed by atoms with Gasteiger partial charge in [-0.05, 0) is 59.3 Å². The lowest BCUT2D eigenvalue weighted by molar-refractivity contribution is -0.923. The third-order valence-electron chi connectivity index (χ3n) is 6.16. The van der Waals surface area contributed by atoms with Gasteiger partial charge in [-0.25, -0.2) is 0 Å². The van der Waals surface area contributed by atoms with Crippen molar-refractivity contribution in [1.82, 2.24) is 0 Å². The maximum absolute atomic E-state index is 2.43. The van der Waals surface area contributed by atoms with Crippen LogP contribution in [0.1, 0.15) is 118 Å². The molecule has 26 heavy (non-hydrogen) atoms. The second-order valence-electron chi connectivity index (χ2n) is 7.95. The first-order valence-electron chi connectivity index (χ1n) is 11.7. The lowest BCUT2D eigenvalue weighted by Crippen LogP contribution is -3.00. The van der Waals surface area contributed by atoms with E-state index in [1.54, 1.807) is 0 Å². The number of quaternary nitrogens is 1. The molecule has 0 aliphatic carbocycles. The number of unbranched alkanes of at least 4 members (excludes halogenated alkanes) is 12. The SMILES string of the molecule is CCCCCCCC/C=C\CCCCCCCC[N+](CC)(CC)CC.[I-]. The van der Waals surface area contributed by atoms with Crippen molar-refractivity contribution in [2.24, 2.45) is 0 Å². The van der Waals surface area contributed by atoms with Gasteiger partial charge in [0, 0.05) is 0 Å². The van der Waals surface area contributed by atoms with E-state index in [1.165, 1.54) is 121 Å². The first-order valence-corrected chi connectivity index (χ1v) is 11.7. The summed E-state index contributed by atoms with van der Waals surface area (Å²) in [6.07, 6.45) is 24.5. The Morgan fingerprint density at radius 1 is 0.500 bits per heavy atom. The predicted octanol–water partition coefficient (Wildman–Crippen LogP) is 4.90. The quantitative estimate of drug-likeness (QED) is 0.107. The molecule has 0 aliphatic rings. The molecule has 0 rings (SSSR count). The fraction of sp³-hybridized carbons (Fsp3) is 0.917. The van der Waals surface area contributed by atoms with Crippen LogP contribution in [0, 0.1) is 0 Å². The average Bonchev–Trinajstić information content (AvgIpc) is 2.65. The maximum atomic E-state index is 2.43. The van der Waals surface area contributed by atoms with Gasteiger partial charge in [0.05, 0.1) is 26.2 Å². The summed E-state index contributed by atoms with van der Waals surface area (Å²) in [6, 6.07) is 0. The Kier molecular flexibility index (Phi) is 23.9. The van der Waals surface area contributed by atoms with Gasteiger partial charge in [-0.1, -0.05) is 70.4 Å². The molecule has 0 spiro atoms. The average molecular weight is 480 g/mol. The minimum atomic E-state index is 0. The molecule has 158 valence electrons. The van der Waals surface area contributed by atoms with Gasteiger partial charge in [-0.2, -0.15) is 0 Å². The van der Waals surface area contributed by atoms with Crippen LogP contribution in [0.5, 0.6) is 0 Å². The Bertz CT molecular complexity index is 276. The van der Waals surface area contributed by atoms with Gasteiger partial charge in [0.1, 0.15) is 0 Å². The number of hydrogen-bond donors (Lipinski definition) is 0. The number of hydrogen-bond acceptors (Lipinski definition) is 0. The summed E-state index contributed by atoms with van der Waals surface area (Å²) < 4.78 is 1.32. The van der Waals surface area contributed by atoms with Crippen LogP contribution in [0.4, 0.5) is 0 Å². The van der Waals surface area contributed by atoms with Gasteiger partial charge >= 0.3 is 0 Å². The van der Waals surface area contributed by atoms with Crippen molar-refractivity contribution in [2.45, 2.75) is 118 Å². The number of halogens is 1. The Morgan fingerprint density at radius 3 is 1.31 bits per heavy atom. The van der Waals surface area contributed by atoms with Crippen molar-refractivity contribution < 1.29 is 28.5 Å². The topological polar surface area (TPSA) is 0 Å². The highest BCUT2D eigenvalue weighted by molar-refractivity contribution is 4.81. The first kappa shape index (κ1) is 28.6. The summed E-state index contributed by atoms with van der Waals surface area (Å²) in [4.78, 5) is 0. The van der Waals surface area contributed by atoms with Crippen LogP contribution in [0.15, 0.2) is 12.2 Å². The fourth-order valence-corrected chi connectivity index (χ4v) is 3.84. The van der Waals surface area contributed by atoms with Crippen LogP contribution in [-0.4, -0.2) is 30.7 Å². The van der Waals surface area contributed by atoms with Crippen LogP contribution >= 0.6 is 0 Å². The molecule has 2 heteroatoms. The third kappa shape index (κ3) is 16.6. The Hall–Kier alpha value is 0.430. The number of nitrogens with zero attached hydrogens (tertiary/aromatic N) is 1. The monoisotopic (exact) mass is 479 g/mol. The highest BCUT2D eigenvalue weighted by Crippen LogP contribution is 2.13. The van der Waals surface area contributed by atoms with Crippen molar-refractivity contribution in [1.29, 1.82) is 0 Å². The van der Waals surface area contributed by atoms with Crippen LogP contribution in [0.25, 0.3) is 0 Å². The zero-order chi connectivity index (χ0) is 18.6. The molecule has 0 heterocycles. The summed E-state index contributed by atoms with van der Waals surface area (Å²) >= 11 is 0. The predicted molar refractivity (Wildman–Crippen MR) is 116 cm³/mol. The molecule has 0 aromatic heterocycles. The third-order valence-corrected chi connectivity index (χ3v) is 6.16. The minimum absolute atomic E-state index is 0. The molecule has 1 nitrogen and oxygen atoms in total. The second-order valence-corrected chi connectivity index (χ2v) is 7.95. The first-order chi connectivity index (χ1) is 12.2. The molecule has 0 aromatic rings. The van der Waals surface area contributed by atoms with Crippen molar-refractivity contribution in [2.75, 3.05) is 26.2 Å². The zero-order valence-electron chi connectivity index (χ0n) is 18.7. The lowest BCUT2D eigenvalue weighted by atomic mass is 10.1. The van der Waals surface area contributed by atoms with E-state index in [0.29, 0.717) is 0 Å². The Balaban J connectivity index is 0. The summed E-state index contributed by atoms with van der Waals surface area (Å²) in [5, 5.41) is 0. The molecule has 0 N–H and O–H groups in total. The molecule has 0 amide bonds. The van der Waals surface area contributed by atoms with Gasteiger partial charge in [0.25, 0.3) is 0 Å². The molecular weight excluding hydrogens is 429 g/mol. The molecular formula is C24H50IN. The molecule has 0 saturated carbocycles. The van der Waals surface area contributed by atoms with Gasteiger partial charge < -0.3 is 28.5 Å². The molecule has 0 aliphatic heterocycles. The van der Waals surface area contributed by atoms with Crippen LogP contribution in [0.2, 0.25) is 0 Å². The normalized spacial score (nSPS) is 11.8. The highest BCUT2D eigenvalue weighted by Gasteiger charge is 2.19. The fourth-order valence-electron chi connectivity index (χ4n) is 3.84. The highest BCUT2D eigenvalue weighted by atomic mass is 127. The van der Waals surface area contributed by atoms with Gasteiger partial charge in [-0.3, -0.25) is 0 Å².